The van der Waals surface area contributed by atoms with E-state index in [0.717, 1.165) is 157 Å². The maximum atomic E-state index is 12.0. The van der Waals surface area contributed by atoms with Crippen molar-refractivity contribution in [2.45, 2.75) is 66.5 Å². The molecule has 534 valence electrons. The first-order chi connectivity index (χ1) is 50.9. The van der Waals surface area contributed by atoms with Gasteiger partial charge in [-0.1, -0.05) is 12.1 Å². The topological polar surface area (TPSA) is 376 Å². The van der Waals surface area contributed by atoms with Gasteiger partial charge in [0.05, 0.1) is 59.9 Å². The highest BCUT2D eigenvalue weighted by atomic mass is 16.6. The van der Waals surface area contributed by atoms with Crippen LogP contribution in [0.4, 0.5) is 32.2 Å². The number of ether oxygens (including phenoxy) is 3. The number of nitrogens with one attached hydrogen (secondary N) is 9. The molecule has 15 rings (SSSR count). The van der Waals surface area contributed by atoms with Crippen LogP contribution in [-0.2, 0) is 33.8 Å². The minimum absolute atomic E-state index is 0.191. The Kier molecular flexibility index (Phi) is 23.0. The standard InChI is InChI=1S/C25H28N8O3.C24H27N9O.C24H26N8O2/c1-4-35-25(34)32-24-30-20-9-17(8-19(22(20)31-24)23-26-6-5-7-27-23)18-10-28-21(29-11-18)14-33-12-15(2)36-16(3)13-33;1-2-26-24(34)32-23-30-20-13-17(12-19(21(20)31-23)22-27-6-3-7-28-22)16-4-5-18(29-14-16)15-33-10-8-25-9-11-33;1-2-34-24(33)31-23-29-20-13-17(12-19(21(20)30-23)22-26-6-3-7-27-22)16-4-5-18(28-14-16)15-32-10-8-25-9-11-32/h5-11,15-16H,4,12-14H2,1-3H3,(H2,30,31,32,34);3-7,12-14,25H,2,8-11,15H2,1H3,(H3,26,30,31,32,34);3-7,12-14,25H,2,8-11,15H2,1H3,(H2,29,30,31,33)/t15-,16+;;. The number of aromatic amines is 3. The summed E-state index contributed by atoms with van der Waals surface area (Å²) in [6.45, 7) is 22.8. The van der Waals surface area contributed by atoms with E-state index >= 15 is 0 Å². The number of carbonyl (C=O) groups is 3. The summed E-state index contributed by atoms with van der Waals surface area (Å²) in [4.78, 5) is 111. The molecule has 0 saturated carbocycles. The molecule has 3 aromatic carbocycles. The number of pyridine rings is 2. The molecule has 3 fully saturated rings. The zero-order valence-corrected chi connectivity index (χ0v) is 58.4. The lowest BCUT2D eigenvalue weighted by Crippen LogP contribution is -2.45. The van der Waals surface area contributed by atoms with Crippen molar-refractivity contribution in [2.24, 2.45) is 0 Å². The molecule has 12 aromatic rings. The molecule has 9 aromatic heterocycles. The van der Waals surface area contributed by atoms with Crippen LogP contribution >= 0.6 is 0 Å². The van der Waals surface area contributed by atoms with Crippen LogP contribution in [0.2, 0.25) is 0 Å². The lowest BCUT2D eigenvalue weighted by atomic mass is 10.0. The summed E-state index contributed by atoms with van der Waals surface area (Å²) >= 11 is 0. The number of anilines is 3. The van der Waals surface area contributed by atoms with Gasteiger partial charge in [-0.2, -0.15) is 0 Å². The van der Waals surface area contributed by atoms with E-state index in [-0.39, 0.29) is 37.4 Å². The monoisotopic (exact) mass is 1400 g/mol. The van der Waals surface area contributed by atoms with Crippen LogP contribution in [0, 0.1) is 0 Å². The van der Waals surface area contributed by atoms with E-state index in [9.17, 15) is 14.4 Å². The van der Waals surface area contributed by atoms with E-state index < -0.39 is 12.2 Å². The molecule has 0 bridgehead atoms. The molecule has 3 aliphatic heterocycles. The zero-order valence-electron chi connectivity index (χ0n) is 58.4. The highest BCUT2D eigenvalue weighted by Gasteiger charge is 2.25. The summed E-state index contributed by atoms with van der Waals surface area (Å²) < 4.78 is 15.7. The maximum absolute atomic E-state index is 12.0. The van der Waals surface area contributed by atoms with Gasteiger partial charge in [0.15, 0.2) is 17.5 Å². The van der Waals surface area contributed by atoms with Crippen LogP contribution in [-0.4, -0.2) is 210 Å². The number of hydrogen-bond acceptors (Lipinski definition) is 24. The molecule has 2 atom stereocenters. The smallest absolute Gasteiger partial charge is 0.413 e. The fourth-order valence-corrected chi connectivity index (χ4v) is 12.5. The number of hydrogen-bond donors (Lipinski definition) is 9. The van der Waals surface area contributed by atoms with E-state index in [4.69, 9.17) is 24.2 Å². The van der Waals surface area contributed by atoms with Crippen molar-refractivity contribution < 1.29 is 28.6 Å². The number of fused-ring (bicyclic) bond motifs is 3. The normalized spacial score (nSPS) is 15.7. The van der Waals surface area contributed by atoms with E-state index in [0.29, 0.717) is 64.5 Å². The van der Waals surface area contributed by atoms with Gasteiger partial charge in [-0.3, -0.25) is 40.6 Å². The quantitative estimate of drug-likeness (QED) is 0.0386. The van der Waals surface area contributed by atoms with Crippen LogP contribution in [0.15, 0.2) is 141 Å². The number of rotatable bonds is 18. The predicted molar refractivity (Wildman–Crippen MR) is 394 cm³/mol. The second-order valence-electron chi connectivity index (χ2n) is 24.9. The van der Waals surface area contributed by atoms with Crippen LogP contribution < -0.4 is 31.9 Å². The molecule has 3 saturated heterocycles. The Balaban J connectivity index is 0.000000139. The van der Waals surface area contributed by atoms with Crippen molar-refractivity contribution >= 4 is 69.2 Å². The van der Waals surface area contributed by atoms with E-state index in [2.05, 4.69) is 154 Å². The lowest BCUT2D eigenvalue weighted by Gasteiger charge is -2.34. The second kappa shape index (κ2) is 33.8. The number of piperazine rings is 2. The first-order valence-corrected chi connectivity index (χ1v) is 34.7. The molecule has 0 spiro atoms. The summed E-state index contributed by atoms with van der Waals surface area (Å²) in [5.74, 6) is 3.33. The van der Waals surface area contributed by atoms with Gasteiger partial charge in [-0.25, -0.2) is 69.2 Å². The Morgan fingerprint density at radius 1 is 0.462 bits per heavy atom. The Labute approximate surface area is 598 Å². The fraction of sp³-hybridized carbons (Fsp3) is 0.315. The van der Waals surface area contributed by atoms with E-state index in [1.807, 2.05) is 68.1 Å². The van der Waals surface area contributed by atoms with E-state index in [1.165, 1.54) is 0 Å². The number of carbonyl (C=O) groups excluding carboxylic acids is 3. The molecule has 0 unspecified atom stereocenters. The molecule has 31 heteroatoms. The molecule has 0 aliphatic carbocycles. The van der Waals surface area contributed by atoms with Crippen molar-refractivity contribution in [3.05, 3.63) is 158 Å². The number of nitrogens with zero attached hydrogens (tertiary/aromatic N) is 16. The van der Waals surface area contributed by atoms with Crippen LogP contribution in [0.1, 0.15) is 51.8 Å². The Bertz CT molecular complexity index is 4630. The first kappa shape index (κ1) is 70.7. The molecule has 3 aliphatic rings. The summed E-state index contributed by atoms with van der Waals surface area (Å²) in [5.41, 5.74) is 14.1. The van der Waals surface area contributed by atoms with Crippen molar-refractivity contribution in [1.29, 1.82) is 0 Å². The first-order valence-electron chi connectivity index (χ1n) is 34.7. The van der Waals surface area contributed by atoms with Gasteiger partial charge in [-0.15, -0.1) is 0 Å². The Morgan fingerprint density at radius 3 is 1.22 bits per heavy atom. The predicted octanol–water partition coefficient (Wildman–Crippen LogP) is 9.34. The minimum atomic E-state index is -0.581. The number of benzene rings is 3. The highest BCUT2D eigenvalue weighted by Crippen LogP contribution is 2.36. The van der Waals surface area contributed by atoms with Gasteiger partial charge in [0.1, 0.15) is 22.4 Å². The third-order valence-corrected chi connectivity index (χ3v) is 17.1. The van der Waals surface area contributed by atoms with Gasteiger partial charge in [-0.05, 0) is 118 Å². The SMILES string of the molecule is CCNC(=O)Nc1nc2c(-c3ncccn3)cc(-c3ccc(CN4CCNCC4)nc3)cc2[nH]1.CCOC(=O)Nc1nc2c(-c3ncccn3)cc(-c3ccc(CN4CCNCC4)nc3)cc2[nH]1.CCOC(=O)Nc1nc2c(-c3ncccn3)cc(-c3cnc(CN4C[C@@H](C)O[C@@H](C)C4)nc3)cc2[nH]1. The second-order valence-corrected chi connectivity index (χ2v) is 24.9. The third kappa shape index (κ3) is 18.1. The molecule has 12 heterocycles. The van der Waals surface area contributed by atoms with Gasteiger partial charge in [0.2, 0.25) is 17.8 Å². The van der Waals surface area contributed by atoms with Crippen molar-refractivity contribution in [3.8, 4) is 67.5 Å². The summed E-state index contributed by atoms with van der Waals surface area (Å²) in [6, 6.07) is 25.2. The van der Waals surface area contributed by atoms with Gasteiger partial charge in [0.25, 0.3) is 0 Å². The van der Waals surface area contributed by atoms with Crippen molar-refractivity contribution in [1.82, 2.24) is 110 Å². The molecular formula is C73H81N25O6. The van der Waals surface area contributed by atoms with Gasteiger partial charge < -0.3 is 45.1 Å². The third-order valence-electron chi connectivity index (χ3n) is 17.1. The fourth-order valence-electron chi connectivity index (χ4n) is 12.5. The number of H-pyrrole nitrogens is 3. The van der Waals surface area contributed by atoms with Crippen molar-refractivity contribution in [3.63, 3.8) is 0 Å². The maximum Gasteiger partial charge on any atom is 0.413 e. The number of urea groups is 1. The summed E-state index contributed by atoms with van der Waals surface area (Å²) in [7, 11) is 0. The van der Waals surface area contributed by atoms with Crippen LogP contribution in [0.25, 0.3) is 101 Å². The number of morpholine rings is 1. The number of aromatic nitrogens is 16. The average molecular weight is 1400 g/mol. The molecule has 0 radical (unpaired) electrons. The summed E-state index contributed by atoms with van der Waals surface area (Å²) in [5, 5.41) is 17.4. The van der Waals surface area contributed by atoms with Crippen LogP contribution in [0.3, 0.4) is 0 Å². The Hall–Kier alpha value is -11.7. The Morgan fingerprint density at radius 2 is 0.846 bits per heavy atom. The average Bonchev–Trinajstić information content (AvgIpc) is 1.54. The molecule has 31 nitrogen and oxygen atoms in total. The summed E-state index contributed by atoms with van der Waals surface area (Å²) in [6.07, 6.45) is 16.8. The minimum Gasteiger partial charge on any atom is -0.450 e. The lowest BCUT2D eigenvalue weighted by molar-refractivity contribution is -0.0710. The van der Waals surface area contributed by atoms with E-state index in [1.54, 1.807) is 69.2 Å². The van der Waals surface area contributed by atoms with Crippen LogP contribution in [0.5, 0.6) is 0 Å². The molecule has 9 N–H and O–H groups in total. The molecule has 104 heavy (non-hydrogen) atoms. The molecule has 4 amide bonds. The zero-order chi connectivity index (χ0) is 71.7. The molecular weight excluding hydrogens is 1320 g/mol. The van der Waals surface area contributed by atoms with Gasteiger partial charge >= 0.3 is 18.2 Å². The largest absolute Gasteiger partial charge is 0.450 e. The van der Waals surface area contributed by atoms with Gasteiger partial charge in [0, 0.05) is 180 Å². The highest BCUT2D eigenvalue weighted by molar-refractivity contribution is 6.00. The number of amides is 4. The van der Waals surface area contributed by atoms with Crippen molar-refractivity contribution in [2.75, 3.05) is 101 Å². The number of imidazole rings is 3.